The highest BCUT2D eigenvalue weighted by molar-refractivity contribution is 5.94. The SMILES string of the molecule is COc1ccc(COc2ccc(C3CC(=O)Nc4c[nH]nc43)cc2OC)c(C(F)(F)F)c1. The Morgan fingerprint density at radius 2 is 1.91 bits per heavy atom. The molecule has 1 aliphatic rings. The van der Waals surface area contributed by atoms with Crippen LogP contribution in [0.1, 0.15) is 34.7 Å². The van der Waals surface area contributed by atoms with Gasteiger partial charge < -0.3 is 19.5 Å². The molecular weight excluding hydrogens is 427 g/mol. The number of aromatic nitrogens is 2. The van der Waals surface area contributed by atoms with Gasteiger partial charge in [-0.1, -0.05) is 12.1 Å². The average molecular weight is 447 g/mol. The highest BCUT2D eigenvalue weighted by Crippen LogP contribution is 2.40. The molecule has 0 bridgehead atoms. The van der Waals surface area contributed by atoms with Gasteiger partial charge in [0.15, 0.2) is 11.5 Å². The van der Waals surface area contributed by atoms with E-state index in [0.717, 1.165) is 11.6 Å². The predicted octanol–water partition coefficient (Wildman–Crippen LogP) is 4.50. The fraction of sp³-hybridized carbons (Fsp3) is 0.273. The number of nitrogens with zero attached hydrogens (tertiary/aromatic N) is 1. The molecule has 3 aromatic rings. The zero-order valence-electron chi connectivity index (χ0n) is 17.2. The van der Waals surface area contributed by atoms with Gasteiger partial charge in [0.05, 0.1) is 31.2 Å². The molecule has 1 aromatic heterocycles. The number of H-pyrrole nitrogens is 1. The molecular formula is C22H20F3N3O4. The number of benzene rings is 2. The van der Waals surface area contributed by atoms with E-state index in [4.69, 9.17) is 14.2 Å². The highest BCUT2D eigenvalue weighted by atomic mass is 19.4. The smallest absolute Gasteiger partial charge is 0.416 e. The molecule has 168 valence electrons. The van der Waals surface area contributed by atoms with Crippen LogP contribution in [0, 0.1) is 0 Å². The highest BCUT2D eigenvalue weighted by Gasteiger charge is 2.34. The van der Waals surface area contributed by atoms with Crippen molar-refractivity contribution in [3.63, 3.8) is 0 Å². The molecule has 10 heteroatoms. The number of ether oxygens (including phenoxy) is 3. The van der Waals surface area contributed by atoms with E-state index in [9.17, 15) is 18.0 Å². The molecule has 4 rings (SSSR count). The van der Waals surface area contributed by atoms with Gasteiger partial charge in [0.2, 0.25) is 5.91 Å². The minimum Gasteiger partial charge on any atom is -0.497 e. The number of fused-ring (bicyclic) bond motifs is 1. The number of hydrogen-bond acceptors (Lipinski definition) is 5. The van der Waals surface area contributed by atoms with Crippen LogP contribution >= 0.6 is 0 Å². The molecule has 32 heavy (non-hydrogen) atoms. The van der Waals surface area contributed by atoms with Gasteiger partial charge >= 0.3 is 6.18 Å². The number of carbonyl (C=O) groups excluding carboxylic acids is 1. The fourth-order valence-corrected chi connectivity index (χ4v) is 3.67. The number of rotatable bonds is 6. The Morgan fingerprint density at radius 1 is 1.09 bits per heavy atom. The molecule has 1 atom stereocenters. The number of aromatic amines is 1. The van der Waals surface area contributed by atoms with Gasteiger partial charge in [-0.05, 0) is 29.8 Å². The maximum Gasteiger partial charge on any atom is 0.416 e. The molecule has 7 nitrogen and oxygen atoms in total. The summed E-state index contributed by atoms with van der Waals surface area (Å²) in [5.41, 5.74) is 1.23. The van der Waals surface area contributed by atoms with E-state index in [-0.39, 0.29) is 41.9 Å². The summed E-state index contributed by atoms with van der Waals surface area (Å²) < 4.78 is 56.3. The Morgan fingerprint density at radius 3 is 2.62 bits per heavy atom. The Labute approximate surface area is 181 Å². The maximum absolute atomic E-state index is 13.4. The summed E-state index contributed by atoms with van der Waals surface area (Å²) in [6.45, 7) is -0.316. The van der Waals surface area contributed by atoms with E-state index in [1.54, 1.807) is 24.4 Å². The van der Waals surface area contributed by atoms with Crippen LogP contribution in [0.5, 0.6) is 17.2 Å². The molecule has 0 spiro atoms. The summed E-state index contributed by atoms with van der Waals surface area (Å²) >= 11 is 0. The molecule has 0 saturated heterocycles. The van der Waals surface area contributed by atoms with Crippen molar-refractivity contribution in [1.82, 2.24) is 10.2 Å². The van der Waals surface area contributed by atoms with Gasteiger partial charge in [-0.2, -0.15) is 18.3 Å². The summed E-state index contributed by atoms with van der Waals surface area (Å²) in [5, 5.41) is 9.72. The number of amides is 1. The first-order chi connectivity index (χ1) is 15.3. The van der Waals surface area contributed by atoms with Crippen LogP contribution in [0.4, 0.5) is 18.9 Å². The van der Waals surface area contributed by atoms with E-state index < -0.39 is 11.7 Å². The topological polar surface area (TPSA) is 85.5 Å². The summed E-state index contributed by atoms with van der Waals surface area (Å²) in [6, 6.07) is 8.78. The number of methoxy groups -OCH3 is 2. The van der Waals surface area contributed by atoms with Crippen LogP contribution in [-0.4, -0.2) is 30.3 Å². The van der Waals surface area contributed by atoms with Crippen LogP contribution in [0.3, 0.4) is 0 Å². The van der Waals surface area contributed by atoms with E-state index in [1.807, 2.05) is 0 Å². The van der Waals surface area contributed by atoms with E-state index in [0.29, 0.717) is 17.1 Å². The van der Waals surface area contributed by atoms with Crippen molar-refractivity contribution in [2.24, 2.45) is 0 Å². The molecule has 2 heterocycles. The number of alkyl halides is 3. The maximum atomic E-state index is 13.4. The lowest BCUT2D eigenvalue weighted by Crippen LogP contribution is -2.23. The standard InChI is InChI=1S/C22H20F3N3O4/c1-30-14-5-3-13(16(8-14)22(23,24)25)11-32-18-6-4-12(7-19(18)31-2)15-9-20(29)27-17-10-26-28-21(15)17/h3-8,10,15H,9,11H2,1-2H3,(H,26,28)(H,27,29). The Kier molecular flexibility index (Phi) is 5.68. The van der Waals surface area contributed by atoms with Gasteiger partial charge in [0.1, 0.15) is 12.4 Å². The summed E-state index contributed by atoms with van der Waals surface area (Å²) in [5.74, 6) is 0.307. The van der Waals surface area contributed by atoms with Crippen LogP contribution in [0.2, 0.25) is 0 Å². The third-order valence-corrected chi connectivity index (χ3v) is 5.26. The third-order valence-electron chi connectivity index (χ3n) is 5.26. The molecule has 1 unspecified atom stereocenters. The fourth-order valence-electron chi connectivity index (χ4n) is 3.67. The van der Waals surface area contributed by atoms with Gasteiger partial charge in [0, 0.05) is 24.1 Å². The van der Waals surface area contributed by atoms with Crippen LogP contribution in [0.15, 0.2) is 42.6 Å². The minimum absolute atomic E-state index is 0.0328. The molecule has 2 N–H and O–H groups in total. The van der Waals surface area contributed by atoms with Crippen molar-refractivity contribution in [3.8, 4) is 17.2 Å². The molecule has 2 aromatic carbocycles. The van der Waals surface area contributed by atoms with E-state index >= 15 is 0 Å². The van der Waals surface area contributed by atoms with Crippen molar-refractivity contribution in [2.75, 3.05) is 19.5 Å². The van der Waals surface area contributed by atoms with Gasteiger partial charge in [-0.15, -0.1) is 0 Å². The Bertz CT molecular complexity index is 1140. The van der Waals surface area contributed by atoms with Crippen molar-refractivity contribution in [1.29, 1.82) is 0 Å². The zero-order chi connectivity index (χ0) is 22.9. The first-order valence-corrected chi connectivity index (χ1v) is 9.68. The quantitative estimate of drug-likeness (QED) is 0.581. The zero-order valence-corrected chi connectivity index (χ0v) is 17.2. The molecule has 0 fully saturated rings. The third kappa shape index (κ3) is 4.20. The van der Waals surface area contributed by atoms with Crippen LogP contribution < -0.4 is 19.5 Å². The van der Waals surface area contributed by atoms with E-state index in [2.05, 4.69) is 15.5 Å². The molecule has 1 amide bonds. The van der Waals surface area contributed by atoms with Gasteiger partial charge in [0.25, 0.3) is 0 Å². The lowest BCUT2D eigenvalue weighted by molar-refractivity contribution is -0.138. The van der Waals surface area contributed by atoms with Crippen molar-refractivity contribution in [2.45, 2.75) is 25.1 Å². The minimum atomic E-state index is -4.55. The molecule has 1 aliphatic heterocycles. The van der Waals surface area contributed by atoms with Gasteiger partial charge in [-0.25, -0.2) is 0 Å². The second-order valence-electron chi connectivity index (χ2n) is 7.21. The number of nitrogens with one attached hydrogen (secondary N) is 2. The van der Waals surface area contributed by atoms with Crippen molar-refractivity contribution >= 4 is 11.6 Å². The lowest BCUT2D eigenvalue weighted by atomic mass is 9.89. The Balaban J connectivity index is 1.59. The molecule has 0 aliphatic carbocycles. The summed E-state index contributed by atoms with van der Waals surface area (Å²) in [4.78, 5) is 12.0. The molecule has 0 saturated carbocycles. The van der Waals surface area contributed by atoms with Gasteiger partial charge in [-0.3, -0.25) is 9.89 Å². The first-order valence-electron chi connectivity index (χ1n) is 9.68. The summed E-state index contributed by atoms with van der Waals surface area (Å²) in [7, 11) is 2.74. The van der Waals surface area contributed by atoms with Crippen LogP contribution in [-0.2, 0) is 17.6 Å². The molecule has 0 radical (unpaired) electrons. The number of carbonyl (C=O) groups is 1. The number of hydrogen-bond donors (Lipinski definition) is 2. The lowest BCUT2D eigenvalue weighted by Gasteiger charge is -2.22. The Hall–Kier alpha value is -3.69. The average Bonchev–Trinajstić information content (AvgIpc) is 3.24. The van der Waals surface area contributed by atoms with E-state index in [1.165, 1.54) is 26.4 Å². The number of halogens is 3. The second-order valence-corrected chi connectivity index (χ2v) is 7.21. The number of anilines is 1. The second kappa shape index (κ2) is 8.45. The van der Waals surface area contributed by atoms with Crippen molar-refractivity contribution in [3.05, 3.63) is 65.0 Å². The van der Waals surface area contributed by atoms with Crippen LogP contribution in [0.25, 0.3) is 0 Å². The monoisotopic (exact) mass is 447 g/mol. The first kappa shape index (κ1) is 21.5. The largest absolute Gasteiger partial charge is 0.497 e. The van der Waals surface area contributed by atoms with Crippen molar-refractivity contribution < 1.29 is 32.2 Å². The normalized spacial score (nSPS) is 15.7. The predicted molar refractivity (Wildman–Crippen MR) is 109 cm³/mol. The summed E-state index contributed by atoms with van der Waals surface area (Å²) in [6.07, 6.45) is -2.73.